The second-order valence-electron chi connectivity index (χ2n) is 5.34. The zero-order valence-electron chi connectivity index (χ0n) is 11.8. The Morgan fingerprint density at radius 3 is 2.74 bits per heavy atom. The van der Waals surface area contributed by atoms with Crippen molar-refractivity contribution in [1.82, 2.24) is 4.90 Å². The number of aryl methyl sites for hydroxylation is 1. The maximum absolute atomic E-state index is 12.0. The number of ether oxygens (including phenoxy) is 1. The van der Waals surface area contributed by atoms with E-state index in [1.807, 2.05) is 38.1 Å². The molecule has 0 saturated carbocycles. The molecular formula is C15H22N2O2. The monoisotopic (exact) mass is 262 g/mol. The first kappa shape index (κ1) is 14.0. The Morgan fingerprint density at radius 2 is 2.05 bits per heavy atom. The Bertz CT molecular complexity index is 430. The fourth-order valence-electron chi connectivity index (χ4n) is 2.21. The Labute approximate surface area is 114 Å². The zero-order valence-corrected chi connectivity index (χ0v) is 11.8. The van der Waals surface area contributed by atoms with Gasteiger partial charge in [0.25, 0.3) is 0 Å². The molecule has 0 spiro atoms. The minimum Gasteiger partial charge on any atom is -0.376 e. The molecule has 1 saturated heterocycles. The van der Waals surface area contributed by atoms with Crippen LogP contribution in [-0.2, 0) is 9.53 Å². The van der Waals surface area contributed by atoms with Crippen LogP contribution in [0.2, 0.25) is 0 Å². The summed E-state index contributed by atoms with van der Waals surface area (Å²) in [4.78, 5) is 14.2. The highest BCUT2D eigenvalue weighted by Crippen LogP contribution is 2.12. The summed E-state index contributed by atoms with van der Waals surface area (Å²) in [6.45, 7) is 8.08. The molecule has 19 heavy (non-hydrogen) atoms. The topological polar surface area (TPSA) is 41.6 Å². The molecule has 2 unspecified atom stereocenters. The van der Waals surface area contributed by atoms with Gasteiger partial charge in [0.1, 0.15) is 0 Å². The number of hydrogen-bond acceptors (Lipinski definition) is 3. The van der Waals surface area contributed by atoms with Gasteiger partial charge in [0.05, 0.1) is 19.3 Å². The van der Waals surface area contributed by atoms with Crippen LogP contribution in [0.1, 0.15) is 19.4 Å². The molecule has 2 atom stereocenters. The smallest absolute Gasteiger partial charge is 0.238 e. The van der Waals surface area contributed by atoms with Crippen LogP contribution >= 0.6 is 0 Å². The lowest BCUT2D eigenvalue weighted by Gasteiger charge is -2.36. The predicted molar refractivity (Wildman–Crippen MR) is 76.3 cm³/mol. The van der Waals surface area contributed by atoms with Crippen LogP contribution in [-0.4, -0.2) is 42.6 Å². The maximum Gasteiger partial charge on any atom is 0.238 e. The van der Waals surface area contributed by atoms with E-state index >= 15 is 0 Å². The van der Waals surface area contributed by atoms with Crippen LogP contribution in [0.5, 0.6) is 0 Å². The zero-order chi connectivity index (χ0) is 13.8. The van der Waals surface area contributed by atoms with E-state index in [-0.39, 0.29) is 12.0 Å². The average molecular weight is 262 g/mol. The van der Waals surface area contributed by atoms with Gasteiger partial charge in [-0.1, -0.05) is 17.7 Å². The Hall–Kier alpha value is -1.39. The van der Waals surface area contributed by atoms with Crippen LogP contribution in [0.4, 0.5) is 5.69 Å². The van der Waals surface area contributed by atoms with Gasteiger partial charge in [0.2, 0.25) is 5.91 Å². The number of carbonyl (C=O) groups excluding carboxylic acids is 1. The summed E-state index contributed by atoms with van der Waals surface area (Å²) in [6.07, 6.45) is 0.198. The summed E-state index contributed by atoms with van der Waals surface area (Å²) < 4.78 is 5.56. The molecule has 1 aliphatic rings. The van der Waals surface area contributed by atoms with E-state index in [1.54, 1.807) is 0 Å². The number of rotatable bonds is 3. The van der Waals surface area contributed by atoms with Gasteiger partial charge in [0, 0.05) is 18.3 Å². The van der Waals surface area contributed by atoms with Crippen molar-refractivity contribution < 1.29 is 9.53 Å². The summed E-state index contributed by atoms with van der Waals surface area (Å²) in [6, 6.07) is 8.14. The van der Waals surface area contributed by atoms with Gasteiger partial charge in [-0.3, -0.25) is 9.69 Å². The van der Waals surface area contributed by atoms with Gasteiger partial charge in [-0.25, -0.2) is 0 Å². The summed E-state index contributed by atoms with van der Waals surface area (Å²) in [5.74, 6) is 0.0322. The van der Waals surface area contributed by atoms with Crippen molar-refractivity contribution in [1.29, 1.82) is 0 Å². The molecule has 0 aliphatic carbocycles. The normalized spacial score (nSPS) is 24.2. The van der Waals surface area contributed by atoms with Crippen LogP contribution in [0.15, 0.2) is 24.3 Å². The lowest BCUT2D eigenvalue weighted by atomic mass is 10.2. The molecule has 1 N–H and O–H groups in total. The molecule has 104 valence electrons. The van der Waals surface area contributed by atoms with E-state index in [4.69, 9.17) is 4.74 Å². The van der Waals surface area contributed by atoms with Gasteiger partial charge in [0.15, 0.2) is 0 Å². The molecular weight excluding hydrogens is 240 g/mol. The predicted octanol–water partition coefficient (Wildman–Crippen LogP) is 2.04. The first-order valence-corrected chi connectivity index (χ1v) is 6.77. The number of hydrogen-bond donors (Lipinski definition) is 1. The molecule has 1 aliphatic heterocycles. The van der Waals surface area contributed by atoms with Gasteiger partial charge >= 0.3 is 0 Å². The number of anilines is 1. The molecule has 1 aromatic rings. The van der Waals surface area contributed by atoms with Crippen molar-refractivity contribution >= 4 is 11.6 Å². The summed E-state index contributed by atoms with van der Waals surface area (Å²) in [5, 5.41) is 2.93. The maximum atomic E-state index is 12.0. The van der Waals surface area contributed by atoms with Crippen molar-refractivity contribution in [3.63, 3.8) is 0 Å². The fraction of sp³-hybridized carbons (Fsp3) is 0.533. The van der Waals surface area contributed by atoms with E-state index in [0.717, 1.165) is 12.2 Å². The summed E-state index contributed by atoms with van der Waals surface area (Å²) >= 11 is 0. The number of nitrogens with zero attached hydrogens (tertiary/aromatic N) is 1. The molecule has 4 nitrogen and oxygen atoms in total. The minimum atomic E-state index is 0.0322. The first-order chi connectivity index (χ1) is 9.04. The van der Waals surface area contributed by atoms with Crippen LogP contribution < -0.4 is 5.32 Å². The van der Waals surface area contributed by atoms with E-state index in [1.165, 1.54) is 5.56 Å². The second kappa shape index (κ2) is 6.17. The van der Waals surface area contributed by atoms with Crippen LogP contribution in [0.25, 0.3) is 0 Å². The average Bonchev–Trinajstić information content (AvgIpc) is 2.37. The molecule has 0 aromatic heterocycles. The third-order valence-electron chi connectivity index (χ3n) is 3.42. The summed E-state index contributed by atoms with van der Waals surface area (Å²) in [7, 11) is 0. The van der Waals surface area contributed by atoms with Gasteiger partial charge in [-0.15, -0.1) is 0 Å². The van der Waals surface area contributed by atoms with Crippen molar-refractivity contribution in [2.45, 2.75) is 32.9 Å². The Kier molecular flexibility index (Phi) is 4.56. The van der Waals surface area contributed by atoms with E-state index in [2.05, 4.69) is 17.1 Å². The SMILES string of the molecule is Cc1ccc(NC(=O)CN2CC(C)OCC2C)cc1. The molecule has 1 amide bonds. The Morgan fingerprint density at radius 1 is 1.37 bits per heavy atom. The molecule has 0 radical (unpaired) electrons. The van der Waals surface area contributed by atoms with Crippen molar-refractivity contribution in [2.24, 2.45) is 0 Å². The van der Waals surface area contributed by atoms with E-state index in [9.17, 15) is 4.79 Å². The number of amides is 1. The van der Waals surface area contributed by atoms with Crippen LogP contribution in [0.3, 0.4) is 0 Å². The van der Waals surface area contributed by atoms with Crippen molar-refractivity contribution in [2.75, 3.05) is 25.0 Å². The largest absolute Gasteiger partial charge is 0.376 e. The molecule has 0 bridgehead atoms. The standard InChI is InChI=1S/C15H22N2O2/c1-11-4-6-14(7-5-11)16-15(18)9-17-8-13(3)19-10-12(17)2/h4-7,12-13H,8-10H2,1-3H3,(H,16,18). The lowest BCUT2D eigenvalue weighted by Crippen LogP contribution is -2.50. The molecule has 1 aromatic carbocycles. The van der Waals surface area contributed by atoms with E-state index in [0.29, 0.717) is 19.2 Å². The third-order valence-corrected chi connectivity index (χ3v) is 3.42. The number of morpholine rings is 1. The number of carbonyl (C=O) groups is 1. The summed E-state index contributed by atoms with van der Waals surface area (Å²) in [5.41, 5.74) is 2.04. The van der Waals surface area contributed by atoms with Gasteiger partial charge < -0.3 is 10.1 Å². The highest BCUT2D eigenvalue weighted by Gasteiger charge is 2.24. The Balaban J connectivity index is 1.88. The van der Waals surface area contributed by atoms with Gasteiger partial charge in [-0.05, 0) is 32.9 Å². The molecule has 1 heterocycles. The molecule has 4 heteroatoms. The van der Waals surface area contributed by atoms with Crippen molar-refractivity contribution in [3.8, 4) is 0 Å². The number of benzene rings is 1. The highest BCUT2D eigenvalue weighted by molar-refractivity contribution is 5.92. The third kappa shape index (κ3) is 4.04. The van der Waals surface area contributed by atoms with Gasteiger partial charge in [-0.2, -0.15) is 0 Å². The van der Waals surface area contributed by atoms with Crippen molar-refractivity contribution in [3.05, 3.63) is 29.8 Å². The minimum absolute atomic E-state index is 0.0322. The fourth-order valence-corrected chi connectivity index (χ4v) is 2.21. The highest BCUT2D eigenvalue weighted by atomic mass is 16.5. The molecule has 2 rings (SSSR count). The second-order valence-corrected chi connectivity index (χ2v) is 5.34. The number of nitrogens with one attached hydrogen (secondary N) is 1. The van der Waals surface area contributed by atoms with Crippen LogP contribution in [0, 0.1) is 6.92 Å². The molecule has 1 fully saturated rings. The quantitative estimate of drug-likeness (QED) is 0.906. The van der Waals surface area contributed by atoms with E-state index < -0.39 is 0 Å². The first-order valence-electron chi connectivity index (χ1n) is 6.77. The lowest BCUT2D eigenvalue weighted by molar-refractivity contribution is -0.121.